The summed E-state index contributed by atoms with van der Waals surface area (Å²) in [5.74, 6) is 0.0501. The number of nitrogens with zero attached hydrogens (tertiary/aromatic N) is 1. The highest BCUT2D eigenvalue weighted by Gasteiger charge is 2.09. The molecular formula is C11H11N3OS. The number of rotatable bonds is 3. The van der Waals surface area contributed by atoms with E-state index in [0.717, 1.165) is 10.5 Å². The summed E-state index contributed by atoms with van der Waals surface area (Å²) in [6.07, 6.45) is 3.11. The lowest BCUT2D eigenvalue weighted by atomic mass is 10.1. The standard InChI is InChI=1S/C11H11N3OS/c1-7-2-3-8(10(12)13)9(6-7)16-11-14-4-5-15-11/h2-6H,1H3,(H3,12,13). The van der Waals surface area contributed by atoms with Crippen LogP contribution in [0.15, 0.2) is 45.2 Å². The molecule has 0 radical (unpaired) electrons. The van der Waals surface area contributed by atoms with Crippen molar-refractivity contribution < 1.29 is 4.42 Å². The van der Waals surface area contributed by atoms with Crippen molar-refractivity contribution in [1.29, 1.82) is 5.41 Å². The van der Waals surface area contributed by atoms with E-state index in [1.165, 1.54) is 18.0 Å². The van der Waals surface area contributed by atoms with Gasteiger partial charge in [0.15, 0.2) is 0 Å². The molecule has 16 heavy (non-hydrogen) atoms. The van der Waals surface area contributed by atoms with Crippen molar-refractivity contribution in [2.75, 3.05) is 0 Å². The third kappa shape index (κ3) is 2.25. The Bertz CT molecular complexity index is 508. The quantitative estimate of drug-likeness (QED) is 0.630. The van der Waals surface area contributed by atoms with Crippen molar-refractivity contribution in [2.24, 2.45) is 5.73 Å². The van der Waals surface area contributed by atoms with Crippen LogP contribution in [0.2, 0.25) is 0 Å². The van der Waals surface area contributed by atoms with E-state index in [9.17, 15) is 0 Å². The van der Waals surface area contributed by atoms with Gasteiger partial charge in [-0.2, -0.15) is 0 Å². The Morgan fingerprint density at radius 3 is 2.94 bits per heavy atom. The minimum Gasteiger partial charge on any atom is -0.440 e. The van der Waals surface area contributed by atoms with Gasteiger partial charge in [-0.25, -0.2) is 4.98 Å². The van der Waals surface area contributed by atoms with Gasteiger partial charge in [0.05, 0.1) is 6.20 Å². The monoisotopic (exact) mass is 233 g/mol. The minimum absolute atomic E-state index is 0.0501. The number of hydrogen-bond donors (Lipinski definition) is 2. The number of benzene rings is 1. The first-order valence-corrected chi connectivity index (χ1v) is 5.51. The lowest BCUT2D eigenvalue weighted by molar-refractivity contribution is 0.454. The van der Waals surface area contributed by atoms with E-state index in [1.807, 2.05) is 25.1 Å². The second-order valence-corrected chi connectivity index (χ2v) is 4.31. The highest BCUT2D eigenvalue weighted by Crippen LogP contribution is 2.29. The van der Waals surface area contributed by atoms with Crippen LogP contribution in [-0.2, 0) is 0 Å². The molecule has 0 spiro atoms. The summed E-state index contributed by atoms with van der Waals surface area (Å²) in [7, 11) is 0. The highest BCUT2D eigenvalue weighted by molar-refractivity contribution is 7.99. The molecule has 0 fully saturated rings. The molecular weight excluding hydrogens is 222 g/mol. The Kier molecular flexibility index (Phi) is 2.96. The molecule has 0 unspecified atom stereocenters. The van der Waals surface area contributed by atoms with Crippen LogP contribution in [-0.4, -0.2) is 10.8 Å². The molecule has 2 rings (SSSR count). The van der Waals surface area contributed by atoms with E-state index in [2.05, 4.69) is 4.98 Å². The van der Waals surface area contributed by atoms with Gasteiger partial charge >= 0.3 is 0 Å². The number of nitrogen functional groups attached to an aromatic ring is 1. The number of amidine groups is 1. The molecule has 0 saturated heterocycles. The second-order valence-electron chi connectivity index (χ2n) is 3.31. The van der Waals surface area contributed by atoms with Crippen LogP contribution >= 0.6 is 11.8 Å². The van der Waals surface area contributed by atoms with E-state index in [0.29, 0.717) is 10.8 Å². The number of aromatic nitrogens is 1. The molecule has 1 aromatic carbocycles. The first-order valence-electron chi connectivity index (χ1n) is 4.69. The van der Waals surface area contributed by atoms with Gasteiger partial charge in [0.2, 0.25) is 0 Å². The van der Waals surface area contributed by atoms with Crippen LogP contribution in [0, 0.1) is 12.3 Å². The topological polar surface area (TPSA) is 75.9 Å². The van der Waals surface area contributed by atoms with E-state index >= 15 is 0 Å². The van der Waals surface area contributed by atoms with Gasteiger partial charge in [-0.15, -0.1) is 0 Å². The van der Waals surface area contributed by atoms with Gasteiger partial charge in [0, 0.05) is 10.5 Å². The van der Waals surface area contributed by atoms with Crippen molar-refractivity contribution in [2.45, 2.75) is 17.0 Å². The third-order valence-electron chi connectivity index (χ3n) is 2.03. The summed E-state index contributed by atoms with van der Waals surface area (Å²) in [4.78, 5) is 4.91. The van der Waals surface area contributed by atoms with E-state index in [4.69, 9.17) is 15.6 Å². The summed E-state index contributed by atoms with van der Waals surface area (Å²) >= 11 is 1.36. The maximum absolute atomic E-state index is 7.49. The summed E-state index contributed by atoms with van der Waals surface area (Å²) in [6, 6.07) is 5.73. The summed E-state index contributed by atoms with van der Waals surface area (Å²) in [5.41, 5.74) is 7.33. The molecule has 82 valence electrons. The average Bonchev–Trinajstić information content (AvgIpc) is 2.70. The maximum atomic E-state index is 7.49. The molecule has 0 bridgehead atoms. The lowest BCUT2D eigenvalue weighted by Gasteiger charge is -2.06. The lowest BCUT2D eigenvalue weighted by Crippen LogP contribution is -2.12. The number of nitrogens with two attached hydrogens (primary N) is 1. The maximum Gasteiger partial charge on any atom is 0.260 e. The van der Waals surface area contributed by atoms with Crippen molar-refractivity contribution in [3.05, 3.63) is 41.8 Å². The van der Waals surface area contributed by atoms with E-state index < -0.39 is 0 Å². The number of oxazole rings is 1. The SMILES string of the molecule is Cc1ccc(C(=N)N)c(Sc2ncco2)c1. The third-order valence-corrected chi connectivity index (χ3v) is 2.97. The Hall–Kier alpha value is -1.75. The molecule has 1 aromatic heterocycles. The molecule has 0 aliphatic carbocycles. The van der Waals surface area contributed by atoms with Crippen molar-refractivity contribution in [1.82, 2.24) is 4.98 Å². The Morgan fingerprint density at radius 1 is 1.50 bits per heavy atom. The Balaban J connectivity index is 2.38. The zero-order valence-electron chi connectivity index (χ0n) is 8.73. The Morgan fingerprint density at radius 2 is 2.31 bits per heavy atom. The number of aryl methyl sites for hydroxylation is 1. The first-order chi connectivity index (χ1) is 7.66. The minimum atomic E-state index is 0.0501. The Labute approximate surface area is 97.4 Å². The molecule has 5 heteroatoms. The molecule has 2 aromatic rings. The van der Waals surface area contributed by atoms with Crippen molar-refractivity contribution >= 4 is 17.6 Å². The van der Waals surface area contributed by atoms with Crippen molar-refractivity contribution in [3.8, 4) is 0 Å². The molecule has 1 heterocycles. The summed E-state index contributed by atoms with van der Waals surface area (Å²) < 4.78 is 5.15. The van der Waals surface area contributed by atoms with Crippen molar-refractivity contribution in [3.63, 3.8) is 0 Å². The molecule has 0 aliphatic heterocycles. The fourth-order valence-corrected chi connectivity index (χ4v) is 2.23. The van der Waals surface area contributed by atoms with Gasteiger partial charge in [-0.05, 0) is 36.4 Å². The number of hydrogen-bond acceptors (Lipinski definition) is 4. The normalized spacial score (nSPS) is 10.3. The van der Waals surface area contributed by atoms with Gasteiger partial charge in [0.1, 0.15) is 12.1 Å². The van der Waals surface area contributed by atoms with Gasteiger partial charge < -0.3 is 10.2 Å². The van der Waals surface area contributed by atoms with Crippen LogP contribution < -0.4 is 5.73 Å². The average molecular weight is 233 g/mol. The molecule has 3 N–H and O–H groups in total. The number of nitrogens with one attached hydrogen (secondary N) is 1. The predicted octanol–water partition coefficient (Wildman–Crippen LogP) is 2.42. The molecule has 0 saturated carbocycles. The van der Waals surface area contributed by atoms with Gasteiger partial charge in [-0.3, -0.25) is 5.41 Å². The van der Waals surface area contributed by atoms with Crippen LogP contribution in [0.5, 0.6) is 0 Å². The van der Waals surface area contributed by atoms with Gasteiger partial charge in [0.25, 0.3) is 5.22 Å². The summed E-state index contributed by atoms with van der Waals surface area (Å²) in [6.45, 7) is 1.99. The predicted molar refractivity (Wildman–Crippen MR) is 62.8 cm³/mol. The zero-order chi connectivity index (χ0) is 11.5. The highest BCUT2D eigenvalue weighted by atomic mass is 32.2. The fourth-order valence-electron chi connectivity index (χ4n) is 1.29. The van der Waals surface area contributed by atoms with Crippen LogP contribution in [0.4, 0.5) is 0 Å². The largest absolute Gasteiger partial charge is 0.440 e. The first kappa shape index (κ1) is 10.8. The molecule has 0 aliphatic rings. The van der Waals surface area contributed by atoms with E-state index in [-0.39, 0.29) is 5.84 Å². The fraction of sp³-hybridized carbons (Fsp3) is 0.0909. The van der Waals surface area contributed by atoms with Gasteiger partial charge in [-0.1, -0.05) is 6.07 Å². The molecule has 4 nitrogen and oxygen atoms in total. The van der Waals surface area contributed by atoms with E-state index in [1.54, 1.807) is 6.20 Å². The molecule has 0 amide bonds. The van der Waals surface area contributed by atoms with Crippen LogP contribution in [0.3, 0.4) is 0 Å². The smallest absolute Gasteiger partial charge is 0.260 e. The van der Waals surface area contributed by atoms with Crippen LogP contribution in [0.25, 0.3) is 0 Å². The van der Waals surface area contributed by atoms with Crippen LogP contribution in [0.1, 0.15) is 11.1 Å². The summed E-state index contributed by atoms with van der Waals surface area (Å²) in [5, 5.41) is 8.04. The second kappa shape index (κ2) is 4.40. The molecule has 0 atom stereocenters. The zero-order valence-corrected chi connectivity index (χ0v) is 9.54.